The highest BCUT2D eigenvalue weighted by molar-refractivity contribution is 5.93. The first-order valence-corrected chi connectivity index (χ1v) is 8.29. The van der Waals surface area contributed by atoms with Crippen LogP contribution < -0.4 is 10.6 Å². The van der Waals surface area contributed by atoms with Gasteiger partial charge in [0.2, 0.25) is 5.91 Å². The van der Waals surface area contributed by atoms with Crippen LogP contribution in [0.2, 0.25) is 0 Å². The van der Waals surface area contributed by atoms with Crippen LogP contribution in [0.25, 0.3) is 11.1 Å². The van der Waals surface area contributed by atoms with Gasteiger partial charge in [-0.2, -0.15) is 0 Å². The molecule has 1 heterocycles. The van der Waals surface area contributed by atoms with Crippen molar-refractivity contribution in [3.05, 3.63) is 53.1 Å². The second kappa shape index (κ2) is 6.55. The van der Waals surface area contributed by atoms with Crippen LogP contribution in [0, 0.1) is 12.8 Å². The number of benzene rings is 2. The van der Waals surface area contributed by atoms with Crippen LogP contribution >= 0.6 is 0 Å². The smallest absolute Gasteiger partial charge is 0.226 e. The van der Waals surface area contributed by atoms with Crippen molar-refractivity contribution in [3.8, 4) is 11.1 Å². The van der Waals surface area contributed by atoms with Gasteiger partial charge in [0.05, 0.1) is 0 Å². The van der Waals surface area contributed by atoms with E-state index in [-0.39, 0.29) is 11.8 Å². The lowest BCUT2D eigenvalue weighted by Crippen LogP contribution is -2.25. The van der Waals surface area contributed by atoms with Crippen LogP contribution in [0.3, 0.4) is 0 Å². The summed E-state index contributed by atoms with van der Waals surface area (Å²) in [6.07, 6.45) is 1.03. The molecule has 3 nitrogen and oxygen atoms in total. The van der Waals surface area contributed by atoms with Gasteiger partial charge in [-0.25, -0.2) is 0 Å². The third-order valence-corrected chi connectivity index (χ3v) is 4.44. The number of rotatable bonds is 3. The molecule has 120 valence electrons. The first-order valence-electron chi connectivity index (χ1n) is 8.29. The van der Waals surface area contributed by atoms with Crippen LogP contribution in [0.5, 0.6) is 0 Å². The fourth-order valence-corrected chi connectivity index (χ4v) is 3.10. The molecule has 0 fully saturated rings. The topological polar surface area (TPSA) is 41.1 Å². The quantitative estimate of drug-likeness (QED) is 0.903. The fraction of sp³-hybridized carbons (Fsp3) is 0.350. The standard InChI is InChI=1S/C20H24N2O/c1-13(2)20(23)22-16-10-15-12-21-9-8-18(15)19(11-16)17-7-5-4-6-14(17)3/h4-7,10-11,13,21H,8-9,12H2,1-3H3,(H,22,23). The van der Waals surface area contributed by atoms with Gasteiger partial charge in [-0.3, -0.25) is 4.79 Å². The molecule has 1 aliphatic rings. The Labute approximate surface area is 138 Å². The lowest BCUT2D eigenvalue weighted by molar-refractivity contribution is -0.118. The van der Waals surface area contributed by atoms with Crippen molar-refractivity contribution < 1.29 is 4.79 Å². The van der Waals surface area contributed by atoms with Crippen molar-refractivity contribution in [2.75, 3.05) is 11.9 Å². The number of amides is 1. The number of fused-ring (bicyclic) bond motifs is 1. The van der Waals surface area contributed by atoms with Crippen molar-refractivity contribution in [1.82, 2.24) is 5.32 Å². The molecule has 3 heteroatoms. The largest absolute Gasteiger partial charge is 0.326 e. The Morgan fingerprint density at radius 3 is 2.70 bits per heavy atom. The van der Waals surface area contributed by atoms with Crippen molar-refractivity contribution >= 4 is 11.6 Å². The molecule has 0 saturated carbocycles. The molecule has 1 aliphatic heterocycles. The highest BCUT2D eigenvalue weighted by Gasteiger charge is 2.18. The first-order chi connectivity index (χ1) is 11.1. The van der Waals surface area contributed by atoms with Gasteiger partial charge in [0.25, 0.3) is 0 Å². The maximum absolute atomic E-state index is 12.1. The minimum atomic E-state index is -0.0222. The predicted molar refractivity (Wildman–Crippen MR) is 95.5 cm³/mol. The van der Waals surface area contributed by atoms with Crippen LogP contribution in [0.4, 0.5) is 5.69 Å². The number of carbonyl (C=O) groups is 1. The molecule has 23 heavy (non-hydrogen) atoms. The lowest BCUT2D eigenvalue weighted by atomic mass is 9.89. The van der Waals surface area contributed by atoms with Crippen LogP contribution in [-0.4, -0.2) is 12.5 Å². The Kier molecular flexibility index (Phi) is 4.49. The average Bonchev–Trinajstić information content (AvgIpc) is 2.54. The normalized spacial score (nSPS) is 13.7. The van der Waals surface area contributed by atoms with Crippen LogP contribution in [-0.2, 0) is 17.8 Å². The first kappa shape index (κ1) is 15.8. The van der Waals surface area contributed by atoms with Gasteiger partial charge in [0.1, 0.15) is 0 Å². The molecule has 0 aliphatic carbocycles. The summed E-state index contributed by atoms with van der Waals surface area (Å²) in [6.45, 7) is 7.83. The molecule has 2 aromatic carbocycles. The van der Waals surface area contributed by atoms with E-state index in [1.807, 2.05) is 13.8 Å². The molecule has 0 radical (unpaired) electrons. The Hall–Kier alpha value is -2.13. The molecule has 2 aromatic rings. The number of hydrogen-bond donors (Lipinski definition) is 2. The average molecular weight is 308 g/mol. The van der Waals surface area contributed by atoms with E-state index in [2.05, 4.69) is 54.0 Å². The zero-order chi connectivity index (χ0) is 16.4. The maximum Gasteiger partial charge on any atom is 0.226 e. The second-order valence-electron chi connectivity index (χ2n) is 6.55. The second-order valence-corrected chi connectivity index (χ2v) is 6.55. The molecule has 0 spiro atoms. The maximum atomic E-state index is 12.1. The van der Waals surface area contributed by atoms with Gasteiger partial charge in [0.15, 0.2) is 0 Å². The summed E-state index contributed by atoms with van der Waals surface area (Å²) in [6, 6.07) is 12.7. The fourth-order valence-electron chi connectivity index (χ4n) is 3.10. The van der Waals surface area contributed by atoms with Gasteiger partial charge in [-0.1, -0.05) is 38.1 Å². The molecule has 0 unspecified atom stereocenters. The molecular formula is C20H24N2O. The minimum Gasteiger partial charge on any atom is -0.326 e. The Bertz CT molecular complexity index is 734. The molecular weight excluding hydrogens is 284 g/mol. The highest BCUT2D eigenvalue weighted by Crippen LogP contribution is 2.33. The van der Waals surface area contributed by atoms with Crippen molar-refractivity contribution in [1.29, 1.82) is 0 Å². The van der Waals surface area contributed by atoms with E-state index in [0.29, 0.717) is 0 Å². The number of nitrogens with one attached hydrogen (secondary N) is 2. The SMILES string of the molecule is Cc1ccccc1-c1cc(NC(=O)C(C)C)cc2c1CCNC2. The Balaban J connectivity index is 2.10. The summed E-state index contributed by atoms with van der Waals surface area (Å²) in [5.74, 6) is 0.0375. The van der Waals surface area contributed by atoms with Gasteiger partial charge in [0, 0.05) is 18.2 Å². The van der Waals surface area contributed by atoms with E-state index < -0.39 is 0 Å². The van der Waals surface area contributed by atoms with E-state index in [0.717, 1.165) is 25.2 Å². The van der Waals surface area contributed by atoms with E-state index in [1.54, 1.807) is 0 Å². The highest BCUT2D eigenvalue weighted by atomic mass is 16.1. The van der Waals surface area contributed by atoms with Crippen LogP contribution in [0.15, 0.2) is 36.4 Å². The van der Waals surface area contributed by atoms with Crippen molar-refractivity contribution in [2.45, 2.75) is 33.7 Å². The summed E-state index contributed by atoms with van der Waals surface area (Å²) in [5, 5.41) is 6.48. The third kappa shape index (κ3) is 3.30. The zero-order valence-electron chi connectivity index (χ0n) is 14.1. The van der Waals surface area contributed by atoms with Gasteiger partial charge < -0.3 is 10.6 Å². The van der Waals surface area contributed by atoms with Crippen LogP contribution in [0.1, 0.15) is 30.5 Å². The Morgan fingerprint density at radius 2 is 1.96 bits per heavy atom. The number of hydrogen-bond acceptors (Lipinski definition) is 2. The molecule has 3 rings (SSSR count). The summed E-state index contributed by atoms with van der Waals surface area (Å²) < 4.78 is 0. The van der Waals surface area contributed by atoms with E-state index in [1.165, 1.54) is 27.8 Å². The number of aryl methyl sites for hydroxylation is 1. The molecule has 1 amide bonds. The number of anilines is 1. The molecule has 0 atom stereocenters. The van der Waals surface area contributed by atoms with Crippen molar-refractivity contribution in [2.24, 2.45) is 5.92 Å². The summed E-state index contributed by atoms with van der Waals surface area (Å²) in [4.78, 5) is 12.1. The van der Waals surface area contributed by atoms with E-state index in [9.17, 15) is 4.79 Å². The summed E-state index contributed by atoms with van der Waals surface area (Å²) in [5.41, 5.74) is 7.36. The predicted octanol–water partition coefficient (Wildman–Crippen LogP) is 3.90. The lowest BCUT2D eigenvalue weighted by Gasteiger charge is -2.23. The third-order valence-electron chi connectivity index (χ3n) is 4.44. The summed E-state index contributed by atoms with van der Waals surface area (Å²) in [7, 11) is 0. The van der Waals surface area contributed by atoms with E-state index in [4.69, 9.17) is 0 Å². The van der Waals surface area contributed by atoms with Crippen molar-refractivity contribution in [3.63, 3.8) is 0 Å². The summed E-state index contributed by atoms with van der Waals surface area (Å²) >= 11 is 0. The molecule has 0 saturated heterocycles. The Morgan fingerprint density at radius 1 is 1.17 bits per heavy atom. The number of carbonyl (C=O) groups excluding carboxylic acids is 1. The zero-order valence-corrected chi connectivity index (χ0v) is 14.1. The molecule has 0 bridgehead atoms. The van der Waals surface area contributed by atoms with Gasteiger partial charge >= 0.3 is 0 Å². The molecule has 0 aromatic heterocycles. The van der Waals surface area contributed by atoms with Gasteiger partial charge in [-0.05, 0) is 59.8 Å². The van der Waals surface area contributed by atoms with Gasteiger partial charge in [-0.15, -0.1) is 0 Å². The monoisotopic (exact) mass is 308 g/mol. The van der Waals surface area contributed by atoms with E-state index >= 15 is 0 Å². The minimum absolute atomic E-state index is 0.0222. The molecule has 2 N–H and O–H groups in total.